The van der Waals surface area contributed by atoms with E-state index in [1.165, 1.54) is 13.1 Å². The Hall–Kier alpha value is -1.62. The number of alkyl halides is 3. The van der Waals surface area contributed by atoms with Crippen molar-refractivity contribution in [3.63, 3.8) is 0 Å². The molecule has 0 aliphatic rings. The minimum atomic E-state index is -5.12. The number of hydrogen-bond acceptors (Lipinski definition) is 6. The lowest BCUT2D eigenvalue weighted by atomic mass is 10.3. The van der Waals surface area contributed by atoms with Gasteiger partial charge in [-0.15, -0.1) is 0 Å². The maximum atomic E-state index is 12.4. The van der Waals surface area contributed by atoms with Crippen LogP contribution >= 0.6 is 15.9 Å². The molecule has 0 N–H and O–H groups in total. The highest BCUT2D eigenvalue weighted by Gasteiger charge is 2.41. The number of ether oxygens (including phenoxy) is 1. The van der Waals surface area contributed by atoms with E-state index >= 15 is 0 Å². The highest BCUT2D eigenvalue weighted by molar-refractivity contribution is 9.10. The lowest BCUT2D eigenvalue weighted by Gasteiger charge is -2.07. The van der Waals surface area contributed by atoms with Crippen molar-refractivity contribution >= 4 is 43.9 Å². The summed E-state index contributed by atoms with van der Waals surface area (Å²) in [7, 11) is 0. The molecule has 0 bridgehead atoms. The molecule has 0 saturated heterocycles. The molecule has 120 valence electrons. The Morgan fingerprint density at radius 2 is 2.14 bits per heavy atom. The van der Waals surface area contributed by atoms with Gasteiger partial charge in [-0.2, -0.15) is 13.2 Å². The van der Waals surface area contributed by atoms with Crippen molar-refractivity contribution in [2.24, 2.45) is 0 Å². The Bertz CT molecular complexity index is 745. The minimum Gasteiger partial charge on any atom is -0.460 e. The fourth-order valence-corrected chi connectivity index (χ4v) is 2.32. The monoisotopic (exact) mass is 401 g/mol. The molecule has 0 radical (unpaired) electrons. The Kier molecular flexibility index (Phi) is 4.75. The van der Waals surface area contributed by atoms with Crippen LogP contribution in [-0.4, -0.2) is 27.3 Å². The fourth-order valence-electron chi connectivity index (χ4n) is 1.50. The number of carbonyl (C=O) groups is 1. The van der Waals surface area contributed by atoms with Gasteiger partial charge in [0.15, 0.2) is 5.58 Å². The lowest BCUT2D eigenvalue weighted by Crippen LogP contribution is -2.21. The highest BCUT2D eigenvalue weighted by atomic mass is 79.9. The first-order chi connectivity index (χ1) is 10.3. The topological polar surface area (TPSA) is 78.6 Å². The maximum Gasteiger partial charge on any atom is 0.508 e. The van der Waals surface area contributed by atoms with Crippen LogP contribution in [-0.2, 0) is 15.8 Å². The van der Waals surface area contributed by atoms with Gasteiger partial charge in [-0.05, 0) is 22.9 Å². The number of pyridine rings is 1. The van der Waals surface area contributed by atoms with Crippen LogP contribution in [0.5, 0.6) is 5.75 Å². The van der Waals surface area contributed by atoms with Crippen LogP contribution in [0.4, 0.5) is 13.2 Å². The molecule has 0 aliphatic heterocycles. The van der Waals surface area contributed by atoms with Crippen LogP contribution in [0, 0.1) is 0 Å². The summed E-state index contributed by atoms with van der Waals surface area (Å²) in [5.74, 6) is -2.30. The molecular formula is C11H7BrF3NO5S. The van der Waals surface area contributed by atoms with Gasteiger partial charge in [-0.25, -0.2) is 9.00 Å². The van der Waals surface area contributed by atoms with E-state index < -0.39 is 34.1 Å². The van der Waals surface area contributed by atoms with Gasteiger partial charge < -0.3 is 13.3 Å². The molecule has 1 atom stereocenters. The van der Waals surface area contributed by atoms with Crippen LogP contribution in [0.1, 0.15) is 17.5 Å². The molecule has 6 nitrogen and oxygen atoms in total. The minimum absolute atomic E-state index is 0.0206. The molecule has 0 amide bonds. The van der Waals surface area contributed by atoms with Crippen molar-refractivity contribution in [3.8, 4) is 5.75 Å². The molecule has 1 unspecified atom stereocenters. The van der Waals surface area contributed by atoms with Crippen molar-refractivity contribution in [3.05, 3.63) is 22.6 Å². The number of fused-ring (bicyclic) bond motifs is 1. The normalized spacial score (nSPS) is 13.1. The van der Waals surface area contributed by atoms with Crippen LogP contribution in [0.25, 0.3) is 11.0 Å². The van der Waals surface area contributed by atoms with Crippen LogP contribution in [0.15, 0.2) is 21.3 Å². The number of aromatic nitrogens is 1. The molecular weight excluding hydrogens is 395 g/mol. The van der Waals surface area contributed by atoms with Gasteiger partial charge in [0.2, 0.25) is 5.75 Å². The van der Waals surface area contributed by atoms with Gasteiger partial charge in [0, 0.05) is 12.4 Å². The number of rotatable bonds is 4. The Balaban J connectivity index is 2.58. The average Bonchev–Trinajstić information content (AvgIpc) is 2.78. The number of furan rings is 1. The molecule has 2 aromatic heterocycles. The predicted molar refractivity (Wildman–Crippen MR) is 72.5 cm³/mol. The Morgan fingerprint density at radius 3 is 2.73 bits per heavy atom. The fraction of sp³-hybridized carbons (Fsp3) is 0.273. The second-order valence-electron chi connectivity index (χ2n) is 3.74. The third-order valence-corrected chi connectivity index (χ3v) is 3.58. The molecule has 0 saturated carbocycles. The molecule has 2 heterocycles. The zero-order valence-electron chi connectivity index (χ0n) is 10.8. The summed E-state index contributed by atoms with van der Waals surface area (Å²) in [5, 5.41) is -0.0463. The van der Waals surface area contributed by atoms with E-state index in [1.54, 1.807) is 0 Å². The summed E-state index contributed by atoms with van der Waals surface area (Å²) in [5.41, 5.74) is -5.10. The Morgan fingerprint density at radius 1 is 1.45 bits per heavy atom. The van der Waals surface area contributed by atoms with E-state index in [4.69, 9.17) is 4.42 Å². The summed E-state index contributed by atoms with van der Waals surface area (Å²) < 4.78 is 62.8. The van der Waals surface area contributed by atoms with E-state index in [0.29, 0.717) is 0 Å². The first-order valence-electron chi connectivity index (χ1n) is 5.65. The summed E-state index contributed by atoms with van der Waals surface area (Å²) in [6.07, 6.45) is 2.43. The lowest BCUT2D eigenvalue weighted by molar-refractivity contribution is -0.0438. The molecule has 0 aliphatic carbocycles. The van der Waals surface area contributed by atoms with Gasteiger partial charge in [-0.3, -0.25) is 4.98 Å². The molecule has 0 spiro atoms. The van der Waals surface area contributed by atoms with Crippen LogP contribution in [0.3, 0.4) is 0 Å². The summed E-state index contributed by atoms with van der Waals surface area (Å²) in [4.78, 5) is 15.5. The molecule has 22 heavy (non-hydrogen) atoms. The smallest absolute Gasteiger partial charge is 0.460 e. The number of nitrogens with zero attached hydrogens (tertiary/aromatic N) is 1. The Labute approximate surface area is 132 Å². The average molecular weight is 402 g/mol. The second kappa shape index (κ2) is 6.24. The molecule has 2 rings (SSSR count). The first-order valence-corrected chi connectivity index (χ1v) is 7.52. The van der Waals surface area contributed by atoms with E-state index in [9.17, 15) is 22.2 Å². The number of esters is 1. The zero-order valence-corrected chi connectivity index (χ0v) is 13.2. The van der Waals surface area contributed by atoms with Crippen molar-refractivity contribution in [2.45, 2.75) is 12.4 Å². The van der Waals surface area contributed by atoms with Gasteiger partial charge >= 0.3 is 22.6 Å². The van der Waals surface area contributed by atoms with Crippen molar-refractivity contribution < 1.29 is 35.5 Å². The van der Waals surface area contributed by atoms with Gasteiger partial charge in [-0.1, -0.05) is 0 Å². The van der Waals surface area contributed by atoms with Gasteiger partial charge in [0.1, 0.15) is 0 Å². The SMILES string of the molecule is CCOC(=O)c1oc2c(Br)cncc2c1OS(=O)C(F)(F)F. The standard InChI is InChI=1S/C11H7BrF3NO5S/c1-2-19-10(17)9-8(21-22(18)11(13,14)15)5-3-16-4-6(12)7(5)20-9/h3-4H,2H2,1H3. The highest BCUT2D eigenvalue weighted by Crippen LogP contribution is 2.38. The van der Waals surface area contributed by atoms with Gasteiger partial charge in [0.05, 0.1) is 16.5 Å². The van der Waals surface area contributed by atoms with E-state index in [2.05, 4.69) is 29.8 Å². The van der Waals surface area contributed by atoms with Crippen LogP contribution in [0.2, 0.25) is 0 Å². The van der Waals surface area contributed by atoms with Gasteiger partial charge in [0.25, 0.3) is 5.76 Å². The number of halogens is 4. The van der Waals surface area contributed by atoms with Crippen LogP contribution < -0.4 is 4.18 Å². The third kappa shape index (κ3) is 3.24. The molecule has 0 aromatic carbocycles. The van der Waals surface area contributed by atoms with E-state index in [0.717, 1.165) is 6.20 Å². The molecule has 0 fully saturated rings. The summed E-state index contributed by atoms with van der Waals surface area (Å²) >= 11 is -0.595. The first kappa shape index (κ1) is 16.7. The molecule has 2 aromatic rings. The molecule has 11 heteroatoms. The quantitative estimate of drug-likeness (QED) is 0.731. The van der Waals surface area contributed by atoms with Crippen molar-refractivity contribution in [1.82, 2.24) is 4.98 Å². The third-order valence-electron chi connectivity index (χ3n) is 2.32. The van der Waals surface area contributed by atoms with Crippen molar-refractivity contribution in [1.29, 1.82) is 0 Å². The summed E-state index contributed by atoms with van der Waals surface area (Å²) in [6.45, 7) is 1.48. The maximum absolute atomic E-state index is 12.4. The number of hydrogen-bond donors (Lipinski definition) is 0. The van der Waals surface area contributed by atoms with Crippen molar-refractivity contribution in [2.75, 3.05) is 6.61 Å². The van der Waals surface area contributed by atoms with E-state index in [1.807, 2.05) is 0 Å². The largest absolute Gasteiger partial charge is 0.508 e. The predicted octanol–water partition coefficient (Wildman–Crippen LogP) is 3.33. The second-order valence-corrected chi connectivity index (χ2v) is 5.70. The zero-order chi connectivity index (χ0) is 16.5. The summed E-state index contributed by atoms with van der Waals surface area (Å²) in [6, 6.07) is 0. The van der Waals surface area contributed by atoms with E-state index in [-0.39, 0.29) is 22.0 Å². The number of carbonyl (C=O) groups excluding carboxylic acids is 1.